The monoisotopic (exact) mass is 628 g/mol. The van der Waals surface area contributed by atoms with Gasteiger partial charge < -0.3 is 58.6 Å². The Balaban J connectivity index is 1.61. The molecule has 0 saturated carbocycles. The third-order valence-corrected chi connectivity index (χ3v) is 6.77. The lowest BCUT2D eigenvalue weighted by Gasteiger charge is -2.46. The van der Waals surface area contributed by atoms with Crippen LogP contribution < -0.4 is 15.8 Å². The van der Waals surface area contributed by atoms with Crippen LogP contribution in [0.4, 0.5) is 8.78 Å². The number of hydroxylamine groups is 1. The lowest BCUT2D eigenvalue weighted by Crippen LogP contribution is -2.67. The lowest BCUT2D eigenvalue weighted by atomic mass is 9.96. The number of aryl methyl sites for hydroxylation is 1. The molecule has 0 aliphatic carbocycles. The van der Waals surface area contributed by atoms with Crippen molar-refractivity contribution in [2.45, 2.75) is 68.3 Å². The molecule has 1 aromatic heterocycles. The Morgan fingerprint density at radius 2 is 1.79 bits per heavy atom. The van der Waals surface area contributed by atoms with Crippen molar-refractivity contribution in [3.8, 4) is 5.75 Å². The minimum Gasteiger partial charge on any atom is -0.748 e. The molecule has 2 aromatic rings. The van der Waals surface area contributed by atoms with Crippen LogP contribution in [0.25, 0.3) is 11.0 Å². The zero-order chi connectivity index (χ0) is 31.0. The van der Waals surface area contributed by atoms with Gasteiger partial charge in [0, 0.05) is 11.5 Å². The molecule has 17 nitrogen and oxygen atoms in total. The van der Waals surface area contributed by atoms with E-state index in [-0.39, 0.29) is 10.9 Å². The van der Waals surface area contributed by atoms with Crippen LogP contribution in [0, 0.1) is 18.6 Å². The van der Waals surface area contributed by atoms with Gasteiger partial charge in [0.15, 0.2) is 29.5 Å². The number of aliphatic carboxylic acids is 1. The summed E-state index contributed by atoms with van der Waals surface area (Å²) in [6.45, 7) is 0.470. The molecule has 0 spiro atoms. The second kappa shape index (κ2) is 12.9. The van der Waals surface area contributed by atoms with Crippen LogP contribution in [-0.4, -0.2) is 113 Å². The number of aliphatic hydroxyl groups excluding tert-OH is 5. The molecule has 11 atom stereocenters. The Labute approximate surface area is 235 Å². The molecule has 2 fully saturated rings. The van der Waals surface area contributed by atoms with Crippen molar-refractivity contribution in [2.24, 2.45) is 0 Å². The third-order valence-electron chi connectivity index (χ3n) is 6.54. The predicted octanol–water partition coefficient (Wildman–Crippen LogP) is -3.20. The number of fused-ring (bicyclic) bond motifs is 1. The number of carboxylic acids is 1. The maximum absolute atomic E-state index is 15.1. The highest BCUT2D eigenvalue weighted by molar-refractivity contribution is 7.74. The molecule has 2 saturated heterocycles. The van der Waals surface area contributed by atoms with E-state index in [2.05, 4.69) is 4.28 Å². The van der Waals surface area contributed by atoms with E-state index >= 15 is 4.39 Å². The number of benzene rings is 1. The van der Waals surface area contributed by atoms with Crippen molar-refractivity contribution < 1.29 is 80.6 Å². The minimum absolute atomic E-state index is 0.132. The van der Waals surface area contributed by atoms with Crippen LogP contribution in [0.3, 0.4) is 0 Å². The van der Waals surface area contributed by atoms with E-state index in [1.54, 1.807) is 5.48 Å². The van der Waals surface area contributed by atoms with Crippen LogP contribution in [0.1, 0.15) is 5.56 Å². The molecule has 2 aliphatic heterocycles. The zero-order valence-corrected chi connectivity index (χ0v) is 21.9. The maximum Gasteiger partial charge on any atom is 0.336 e. The number of rotatable bonds is 9. The largest absolute Gasteiger partial charge is 0.748 e. The first kappa shape index (κ1) is 32.2. The summed E-state index contributed by atoms with van der Waals surface area (Å²) < 4.78 is 81.4. The van der Waals surface area contributed by atoms with E-state index in [1.807, 2.05) is 0 Å². The highest BCUT2D eigenvalue weighted by atomic mass is 32.2. The van der Waals surface area contributed by atoms with Crippen LogP contribution in [-0.2, 0) is 34.7 Å². The summed E-state index contributed by atoms with van der Waals surface area (Å²) in [6.07, 6.45) is -18.5. The summed E-state index contributed by atoms with van der Waals surface area (Å²) in [6, 6.07) is -0.0680. The van der Waals surface area contributed by atoms with E-state index in [0.717, 1.165) is 12.1 Å². The summed E-state index contributed by atoms with van der Waals surface area (Å²) in [5, 5.41) is 60.9. The number of carboxylic acid groups (broad SMARTS) is 1. The van der Waals surface area contributed by atoms with Crippen LogP contribution >= 0.6 is 0 Å². The number of hydrogen-bond donors (Lipinski definition) is 7. The highest BCUT2D eigenvalue weighted by Crippen LogP contribution is 2.35. The van der Waals surface area contributed by atoms with Gasteiger partial charge in [-0.2, -0.15) is 9.87 Å². The standard InChI is InChI=1S/C22H25F2NO16S/c1-5-2-9(27)37-16-6(5)3-7(23)17(10(16)24)38-22-15(31)14(30)18(19(40-22)20(32)33)39-21-11(25-41-42(34)35)13(29)12(28)8(4-26)36-21/h2-3,8,11-15,18-19,21-22,25-26,28-31H,4H2,1H3,(H,32,33)(H,34,35)/p-1/t8-,11-,12-,13-,14-,15-,18+,19+,21-,22-/m1/s1. The minimum atomic E-state index is -3.22. The fourth-order valence-electron chi connectivity index (χ4n) is 4.44. The highest BCUT2D eigenvalue weighted by Gasteiger charge is 2.54. The Morgan fingerprint density at radius 3 is 2.40 bits per heavy atom. The SMILES string of the molecule is Cc1cc(=O)oc2c(F)c(O[C@@H]3O[C@H](C(=O)O)[C@@H](O[C@H]4O[C@H](CO)[C@@H](O)[C@H](O)[C@H]4NOS(=O)[O-])[C@H](O)[C@H]3O)c(F)cc12. The average molecular weight is 628 g/mol. The molecular weight excluding hydrogens is 604 g/mol. The lowest BCUT2D eigenvalue weighted by molar-refractivity contribution is -0.336. The van der Waals surface area contributed by atoms with Crippen molar-refractivity contribution >= 4 is 28.3 Å². The molecule has 42 heavy (non-hydrogen) atoms. The topological polar surface area (TPSA) is 267 Å². The van der Waals surface area contributed by atoms with Crippen molar-refractivity contribution in [3.05, 3.63) is 39.8 Å². The Hall–Kier alpha value is -2.73. The maximum atomic E-state index is 15.1. The molecule has 1 aromatic carbocycles. The Bertz CT molecular complexity index is 1390. The Kier molecular flexibility index (Phi) is 9.86. The summed E-state index contributed by atoms with van der Waals surface area (Å²) in [5.74, 6) is -6.02. The normalized spacial score (nSPS) is 34.3. The van der Waals surface area contributed by atoms with Gasteiger partial charge in [0.2, 0.25) is 12.1 Å². The Morgan fingerprint density at radius 1 is 1.10 bits per heavy atom. The smallest absolute Gasteiger partial charge is 0.336 e. The van der Waals surface area contributed by atoms with Gasteiger partial charge in [-0.25, -0.2) is 22.5 Å². The van der Waals surface area contributed by atoms with Crippen LogP contribution in [0.15, 0.2) is 21.3 Å². The van der Waals surface area contributed by atoms with Crippen molar-refractivity contribution in [1.29, 1.82) is 0 Å². The van der Waals surface area contributed by atoms with E-state index in [0.29, 0.717) is 0 Å². The number of halogens is 2. The fourth-order valence-corrected chi connectivity index (χ4v) is 4.63. The first-order valence-corrected chi connectivity index (χ1v) is 12.9. The van der Waals surface area contributed by atoms with Crippen molar-refractivity contribution in [1.82, 2.24) is 5.48 Å². The number of carbonyl (C=O) groups is 1. The molecule has 0 bridgehead atoms. The fraction of sp³-hybridized carbons (Fsp3) is 0.545. The second-order valence-corrected chi connectivity index (χ2v) is 9.80. The molecule has 1 unspecified atom stereocenters. The van der Waals surface area contributed by atoms with Gasteiger partial charge in [-0.05, 0) is 18.6 Å². The first-order valence-electron chi connectivity index (χ1n) is 11.9. The first-order chi connectivity index (χ1) is 19.7. The molecule has 0 radical (unpaired) electrons. The molecule has 7 N–H and O–H groups in total. The molecule has 0 amide bonds. The van der Waals surface area contributed by atoms with Gasteiger partial charge in [0.1, 0.15) is 54.0 Å². The van der Waals surface area contributed by atoms with Gasteiger partial charge in [-0.1, -0.05) is 0 Å². The van der Waals surface area contributed by atoms with E-state index in [1.165, 1.54) is 6.92 Å². The van der Waals surface area contributed by atoms with Crippen LogP contribution in [0.5, 0.6) is 5.75 Å². The summed E-state index contributed by atoms with van der Waals surface area (Å²) in [5.41, 5.74) is 0.274. The predicted molar refractivity (Wildman–Crippen MR) is 126 cm³/mol. The third kappa shape index (κ3) is 6.29. The van der Waals surface area contributed by atoms with Crippen molar-refractivity contribution in [3.63, 3.8) is 0 Å². The summed E-state index contributed by atoms with van der Waals surface area (Å²) in [7, 11) is 0. The van der Waals surface area contributed by atoms with Gasteiger partial charge in [0.25, 0.3) is 0 Å². The zero-order valence-electron chi connectivity index (χ0n) is 21.1. The van der Waals surface area contributed by atoms with Crippen LogP contribution in [0.2, 0.25) is 0 Å². The second-order valence-electron chi connectivity index (χ2n) is 9.23. The molecule has 2 aliphatic rings. The van der Waals surface area contributed by atoms with Gasteiger partial charge >= 0.3 is 11.6 Å². The number of ether oxygens (including phenoxy) is 4. The van der Waals surface area contributed by atoms with Crippen molar-refractivity contribution in [2.75, 3.05) is 6.61 Å². The van der Waals surface area contributed by atoms with Gasteiger partial charge in [0.05, 0.1) is 6.61 Å². The van der Waals surface area contributed by atoms with Gasteiger partial charge in [-0.3, -0.25) is 0 Å². The molecular formula is C22H24F2NO16S-. The average Bonchev–Trinajstić information content (AvgIpc) is 2.92. The number of hydrogen-bond acceptors (Lipinski definition) is 16. The molecule has 20 heteroatoms. The quantitative estimate of drug-likeness (QED) is 0.0818. The van der Waals surface area contributed by atoms with E-state index in [9.17, 15) is 53.4 Å². The summed E-state index contributed by atoms with van der Waals surface area (Å²) >= 11 is -3.22. The number of nitrogens with one attached hydrogen (secondary N) is 1. The molecule has 4 rings (SSSR count). The summed E-state index contributed by atoms with van der Waals surface area (Å²) in [4.78, 5) is 23.7. The molecule has 3 heterocycles. The van der Waals surface area contributed by atoms with E-state index < -0.39 is 114 Å². The van der Waals surface area contributed by atoms with E-state index in [4.69, 9.17) is 23.4 Å². The molecule has 234 valence electrons. The van der Waals surface area contributed by atoms with Gasteiger partial charge in [-0.15, -0.1) is 0 Å². The number of aliphatic hydroxyl groups is 5.